The van der Waals surface area contributed by atoms with E-state index in [1.54, 1.807) is 19.2 Å². The van der Waals surface area contributed by atoms with Crippen LogP contribution in [0.2, 0.25) is 0 Å². The fraction of sp³-hybridized carbons (Fsp3) is 0.625. The Morgan fingerprint density at radius 3 is 2.95 bits per heavy atom. The smallest absolute Gasteiger partial charge is 0.129 e. The Balaban J connectivity index is 2.19. The fourth-order valence-electron chi connectivity index (χ4n) is 2.67. The van der Waals surface area contributed by atoms with Crippen molar-refractivity contribution in [3.05, 3.63) is 29.6 Å². The lowest BCUT2D eigenvalue weighted by atomic mass is 10.0. The highest BCUT2D eigenvalue weighted by atomic mass is 19.1. The molecule has 0 spiro atoms. The number of benzene rings is 1. The molecule has 20 heavy (non-hydrogen) atoms. The standard InChI is InChI=1S/C16H25FN2O/c1-12(2)18-10-14-15(17)7-4-8-16(14)19-9-5-6-13(11-19)20-3/h4,7-8,12-13,18H,5-6,9-11H2,1-3H3. The van der Waals surface area contributed by atoms with Crippen molar-refractivity contribution in [3.8, 4) is 0 Å². The van der Waals surface area contributed by atoms with Crippen molar-refractivity contribution in [3.63, 3.8) is 0 Å². The van der Waals surface area contributed by atoms with Crippen LogP contribution in [0.1, 0.15) is 32.3 Å². The summed E-state index contributed by atoms with van der Waals surface area (Å²) in [4.78, 5) is 2.25. The van der Waals surface area contributed by atoms with Crippen molar-refractivity contribution >= 4 is 5.69 Å². The molecule has 0 saturated carbocycles. The van der Waals surface area contributed by atoms with E-state index in [2.05, 4.69) is 24.1 Å². The molecule has 1 aliphatic rings. The van der Waals surface area contributed by atoms with E-state index in [0.717, 1.165) is 37.2 Å². The first-order valence-electron chi connectivity index (χ1n) is 7.40. The Morgan fingerprint density at radius 2 is 2.25 bits per heavy atom. The van der Waals surface area contributed by atoms with Gasteiger partial charge in [0, 0.05) is 44.0 Å². The quantitative estimate of drug-likeness (QED) is 0.897. The third-order valence-corrected chi connectivity index (χ3v) is 3.83. The first kappa shape index (κ1) is 15.3. The second-order valence-corrected chi connectivity index (χ2v) is 5.72. The van der Waals surface area contributed by atoms with E-state index >= 15 is 0 Å². The SMILES string of the molecule is COC1CCCN(c2cccc(F)c2CNC(C)C)C1. The van der Waals surface area contributed by atoms with Crippen molar-refractivity contribution in [2.75, 3.05) is 25.1 Å². The van der Waals surface area contributed by atoms with E-state index in [4.69, 9.17) is 4.74 Å². The van der Waals surface area contributed by atoms with Crippen molar-refractivity contribution in [2.24, 2.45) is 0 Å². The number of nitrogens with zero attached hydrogens (tertiary/aromatic N) is 1. The van der Waals surface area contributed by atoms with Crippen molar-refractivity contribution in [1.29, 1.82) is 0 Å². The van der Waals surface area contributed by atoms with Gasteiger partial charge >= 0.3 is 0 Å². The number of methoxy groups -OCH3 is 1. The van der Waals surface area contributed by atoms with Gasteiger partial charge in [-0.25, -0.2) is 4.39 Å². The summed E-state index contributed by atoms with van der Waals surface area (Å²) in [6.07, 6.45) is 2.42. The summed E-state index contributed by atoms with van der Waals surface area (Å²) in [5, 5.41) is 3.31. The van der Waals surface area contributed by atoms with Crippen LogP contribution in [-0.2, 0) is 11.3 Å². The average Bonchev–Trinajstić information content (AvgIpc) is 2.45. The summed E-state index contributed by atoms with van der Waals surface area (Å²) < 4.78 is 19.6. The Kier molecular flexibility index (Phi) is 5.38. The lowest BCUT2D eigenvalue weighted by Gasteiger charge is -2.35. The van der Waals surface area contributed by atoms with E-state index in [-0.39, 0.29) is 11.9 Å². The Hall–Kier alpha value is -1.13. The van der Waals surface area contributed by atoms with Gasteiger partial charge in [-0.2, -0.15) is 0 Å². The van der Waals surface area contributed by atoms with Crippen LogP contribution < -0.4 is 10.2 Å². The molecule has 2 rings (SSSR count). The largest absolute Gasteiger partial charge is 0.380 e. The van der Waals surface area contributed by atoms with Gasteiger partial charge in [-0.15, -0.1) is 0 Å². The summed E-state index contributed by atoms with van der Waals surface area (Å²) >= 11 is 0. The molecule has 1 fully saturated rings. The summed E-state index contributed by atoms with van der Waals surface area (Å²) in [5.74, 6) is -0.129. The highest BCUT2D eigenvalue weighted by molar-refractivity contribution is 5.54. The highest BCUT2D eigenvalue weighted by Gasteiger charge is 2.22. The minimum absolute atomic E-state index is 0.129. The van der Waals surface area contributed by atoms with Crippen molar-refractivity contribution in [1.82, 2.24) is 5.32 Å². The van der Waals surface area contributed by atoms with Gasteiger partial charge in [-0.1, -0.05) is 19.9 Å². The number of hydrogen-bond acceptors (Lipinski definition) is 3. The molecule has 1 unspecified atom stereocenters. The molecule has 1 heterocycles. The molecule has 0 bridgehead atoms. The molecule has 0 aliphatic carbocycles. The minimum atomic E-state index is -0.129. The summed E-state index contributed by atoms with van der Waals surface area (Å²) in [5.41, 5.74) is 1.76. The highest BCUT2D eigenvalue weighted by Crippen LogP contribution is 2.27. The summed E-state index contributed by atoms with van der Waals surface area (Å²) in [6.45, 7) is 6.52. The second kappa shape index (κ2) is 7.04. The monoisotopic (exact) mass is 280 g/mol. The van der Waals surface area contributed by atoms with Gasteiger partial charge in [0.05, 0.1) is 6.10 Å². The van der Waals surface area contributed by atoms with Crippen LogP contribution in [0.3, 0.4) is 0 Å². The van der Waals surface area contributed by atoms with Crippen LogP contribution in [0.15, 0.2) is 18.2 Å². The molecule has 1 saturated heterocycles. The molecule has 0 radical (unpaired) electrons. The molecular weight excluding hydrogens is 255 g/mol. The summed E-state index contributed by atoms with van der Waals surface area (Å²) in [7, 11) is 1.75. The maximum atomic E-state index is 14.1. The fourth-order valence-corrected chi connectivity index (χ4v) is 2.67. The number of anilines is 1. The van der Waals surface area contributed by atoms with Crippen LogP contribution in [0.5, 0.6) is 0 Å². The molecule has 0 amide bonds. The molecule has 4 heteroatoms. The zero-order chi connectivity index (χ0) is 14.5. The Bertz CT molecular complexity index is 436. The normalized spacial score (nSPS) is 19.6. The van der Waals surface area contributed by atoms with Gasteiger partial charge in [0.15, 0.2) is 0 Å². The number of rotatable bonds is 5. The van der Waals surface area contributed by atoms with E-state index < -0.39 is 0 Å². The van der Waals surface area contributed by atoms with E-state index in [1.165, 1.54) is 0 Å². The molecule has 1 aromatic carbocycles. The van der Waals surface area contributed by atoms with Gasteiger partial charge in [0.2, 0.25) is 0 Å². The molecule has 112 valence electrons. The first-order valence-corrected chi connectivity index (χ1v) is 7.40. The van der Waals surface area contributed by atoms with Crippen molar-refractivity contribution in [2.45, 2.75) is 45.4 Å². The molecule has 1 N–H and O–H groups in total. The molecular formula is C16H25FN2O. The van der Waals surface area contributed by atoms with Crippen molar-refractivity contribution < 1.29 is 9.13 Å². The number of halogens is 1. The predicted octanol–water partition coefficient (Wildman–Crippen LogP) is 2.94. The third kappa shape index (κ3) is 3.70. The number of nitrogens with one attached hydrogen (secondary N) is 1. The van der Waals surface area contributed by atoms with E-state index in [1.807, 2.05) is 6.07 Å². The average molecular weight is 280 g/mol. The molecule has 1 aromatic rings. The molecule has 0 aromatic heterocycles. The van der Waals surface area contributed by atoms with Gasteiger partial charge in [0.25, 0.3) is 0 Å². The van der Waals surface area contributed by atoms with Crippen LogP contribution in [0, 0.1) is 5.82 Å². The summed E-state index contributed by atoms with van der Waals surface area (Å²) in [6, 6.07) is 5.69. The van der Waals surface area contributed by atoms with Gasteiger partial charge in [0.1, 0.15) is 5.82 Å². The van der Waals surface area contributed by atoms with Crippen LogP contribution in [0.25, 0.3) is 0 Å². The maximum Gasteiger partial charge on any atom is 0.129 e. The van der Waals surface area contributed by atoms with Gasteiger partial charge < -0.3 is 15.0 Å². The minimum Gasteiger partial charge on any atom is -0.380 e. The second-order valence-electron chi connectivity index (χ2n) is 5.72. The molecule has 3 nitrogen and oxygen atoms in total. The van der Waals surface area contributed by atoms with E-state index in [0.29, 0.717) is 12.6 Å². The molecule has 1 aliphatic heterocycles. The third-order valence-electron chi connectivity index (χ3n) is 3.83. The zero-order valence-electron chi connectivity index (χ0n) is 12.7. The topological polar surface area (TPSA) is 24.5 Å². The lowest BCUT2D eigenvalue weighted by molar-refractivity contribution is 0.0893. The zero-order valence-corrected chi connectivity index (χ0v) is 12.7. The van der Waals surface area contributed by atoms with Crippen LogP contribution in [-0.4, -0.2) is 32.3 Å². The number of hydrogen-bond donors (Lipinski definition) is 1. The number of piperidine rings is 1. The number of ether oxygens (including phenoxy) is 1. The maximum absolute atomic E-state index is 14.1. The lowest BCUT2D eigenvalue weighted by Crippen LogP contribution is -2.40. The van der Waals surface area contributed by atoms with Crippen LogP contribution in [0.4, 0.5) is 10.1 Å². The Labute approximate surface area is 121 Å². The van der Waals surface area contributed by atoms with Crippen LogP contribution >= 0.6 is 0 Å². The Morgan fingerprint density at radius 1 is 1.45 bits per heavy atom. The molecule has 1 atom stereocenters. The van der Waals surface area contributed by atoms with Gasteiger partial charge in [-0.05, 0) is 25.0 Å². The first-order chi connectivity index (χ1) is 9.61. The van der Waals surface area contributed by atoms with E-state index in [9.17, 15) is 4.39 Å². The van der Waals surface area contributed by atoms with Gasteiger partial charge in [-0.3, -0.25) is 0 Å². The predicted molar refractivity (Wildman–Crippen MR) is 80.6 cm³/mol.